The van der Waals surface area contributed by atoms with Gasteiger partial charge in [0.1, 0.15) is 11.3 Å². The molecule has 122 valence electrons. The van der Waals surface area contributed by atoms with E-state index in [0.29, 0.717) is 17.8 Å². The van der Waals surface area contributed by atoms with Crippen molar-refractivity contribution in [1.82, 2.24) is 0 Å². The van der Waals surface area contributed by atoms with Gasteiger partial charge in [0.25, 0.3) is 0 Å². The molecule has 1 heterocycles. The summed E-state index contributed by atoms with van der Waals surface area (Å²) in [4.78, 5) is 23.8. The van der Waals surface area contributed by atoms with Gasteiger partial charge in [0.05, 0.1) is 7.11 Å². The van der Waals surface area contributed by atoms with Crippen molar-refractivity contribution in [2.24, 2.45) is 0 Å². The van der Waals surface area contributed by atoms with E-state index in [2.05, 4.69) is 0 Å². The Morgan fingerprint density at radius 3 is 2.74 bits per heavy atom. The molecule has 1 aromatic carbocycles. The van der Waals surface area contributed by atoms with E-state index in [4.69, 9.17) is 13.9 Å². The van der Waals surface area contributed by atoms with Crippen LogP contribution in [0, 0.1) is 6.92 Å². The van der Waals surface area contributed by atoms with Gasteiger partial charge in [-0.15, -0.1) is 0 Å². The molecule has 3 rings (SSSR count). The number of carbonyl (C=O) groups is 1. The van der Waals surface area contributed by atoms with E-state index >= 15 is 0 Å². The Balaban J connectivity index is 2.08. The lowest BCUT2D eigenvalue weighted by atomic mass is 10.0. The summed E-state index contributed by atoms with van der Waals surface area (Å²) >= 11 is 0. The van der Waals surface area contributed by atoms with Gasteiger partial charge in [-0.05, 0) is 50.3 Å². The van der Waals surface area contributed by atoms with Crippen LogP contribution in [0.2, 0.25) is 0 Å². The molecule has 0 saturated carbocycles. The van der Waals surface area contributed by atoms with Crippen LogP contribution in [0.25, 0.3) is 11.0 Å². The molecule has 0 N–H and O–H groups in total. The van der Waals surface area contributed by atoms with Gasteiger partial charge in [0, 0.05) is 16.5 Å². The van der Waals surface area contributed by atoms with Gasteiger partial charge in [-0.3, -0.25) is 0 Å². The first-order valence-electron chi connectivity index (χ1n) is 7.89. The highest BCUT2D eigenvalue weighted by molar-refractivity contribution is 5.86. The number of esters is 1. The molecule has 2 aromatic rings. The van der Waals surface area contributed by atoms with Gasteiger partial charge in [-0.25, -0.2) is 9.59 Å². The summed E-state index contributed by atoms with van der Waals surface area (Å²) in [7, 11) is 1.34. The smallest absolute Gasteiger partial charge is 0.347 e. The quantitative estimate of drug-likeness (QED) is 0.641. The summed E-state index contributed by atoms with van der Waals surface area (Å²) in [5, 5.41) is 0.966. The normalized spacial score (nSPS) is 14.6. The fourth-order valence-corrected chi connectivity index (χ4v) is 3.17. The maximum Gasteiger partial charge on any atom is 0.347 e. The predicted octanol–water partition coefficient (Wildman–Crippen LogP) is 2.92. The van der Waals surface area contributed by atoms with Gasteiger partial charge in [0.2, 0.25) is 0 Å². The molecule has 0 spiro atoms. The van der Waals surface area contributed by atoms with Gasteiger partial charge >= 0.3 is 11.6 Å². The number of benzene rings is 1. The zero-order valence-corrected chi connectivity index (χ0v) is 13.6. The zero-order valence-electron chi connectivity index (χ0n) is 13.6. The Morgan fingerprint density at radius 2 is 2.04 bits per heavy atom. The zero-order chi connectivity index (χ0) is 16.6. The molecule has 1 atom stereocenters. The standard InChI is InChI=1S/C18H20O5/c1-4-14(18(20)21-3)22-15-9-8-12-11-6-5-7-13(11)17(19)23-16(12)10(15)2/h8-9,14H,4-7H2,1-3H3/t14-/m1/s1. The van der Waals surface area contributed by atoms with E-state index in [1.807, 2.05) is 26.0 Å². The highest BCUT2D eigenvalue weighted by Crippen LogP contribution is 2.33. The van der Waals surface area contributed by atoms with Gasteiger partial charge in [0.15, 0.2) is 6.10 Å². The highest BCUT2D eigenvalue weighted by Gasteiger charge is 2.23. The van der Waals surface area contributed by atoms with Crippen LogP contribution in [0.1, 0.15) is 36.5 Å². The third kappa shape index (κ3) is 2.60. The summed E-state index contributed by atoms with van der Waals surface area (Å²) in [5.74, 6) is 0.123. The summed E-state index contributed by atoms with van der Waals surface area (Å²) in [6.07, 6.45) is 2.49. The summed E-state index contributed by atoms with van der Waals surface area (Å²) in [5.41, 5.74) is 2.91. The van der Waals surface area contributed by atoms with Crippen LogP contribution in [-0.4, -0.2) is 19.2 Å². The van der Waals surface area contributed by atoms with Crippen LogP contribution in [0.5, 0.6) is 5.75 Å². The van der Waals surface area contributed by atoms with Crippen LogP contribution in [0.4, 0.5) is 0 Å². The fraction of sp³-hybridized carbons (Fsp3) is 0.444. The second kappa shape index (κ2) is 6.07. The molecule has 23 heavy (non-hydrogen) atoms. The molecule has 0 amide bonds. The Bertz CT molecular complexity index is 818. The number of methoxy groups -OCH3 is 1. The van der Waals surface area contributed by atoms with E-state index < -0.39 is 12.1 Å². The lowest BCUT2D eigenvalue weighted by molar-refractivity contribution is -0.148. The molecule has 0 aliphatic heterocycles. The maximum absolute atomic E-state index is 12.1. The van der Waals surface area contributed by atoms with Crippen molar-refractivity contribution in [3.8, 4) is 5.75 Å². The molecule has 1 aliphatic rings. The third-order valence-corrected chi connectivity index (χ3v) is 4.44. The number of hydrogen-bond acceptors (Lipinski definition) is 5. The first kappa shape index (κ1) is 15.6. The molecule has 5 heteroatoms. The average Bonchev–Trinajstić information content (AvgIpc) is 3.05. The van der Waals surface area contributed by atoms with E-state index in [-0.39, 0.29) is 5.63 Å². The molecule has 1 aliphatic carbocycles. The lowest BCUT2D eigenvalue weighted by Gasteiger charge is -2.17. The van der Waals surface area contributed by atoms with Crippen LogP contribution in [-0.2, 0) is 22.4 Å². The molecular weight excluding hydrogens is 296 g/mol. The summed E-state index contributed by atoms with van der Waals surface area (Å²) in [6, 6.07) is 3.75. The number of hydrogen-bond donors (Lipinski definition) is 0. The minimum atomic E-state index is -0.669. The second-order valence-corrected chi connectivity index (χ2v) is 5.80. The monoisotopic (exact) mass is 316 g/mol. The van der Waals surface area contributed by atoms with Gasteiger partial charge < -0.3 is 13.9 Å². The van der Waals surface area contributed by atoms with E-state index in [1.54, 1.807) is 0 Å². The molecule has 0 saturated heterocycles. The Kier molecular flexibility index (Phi) is 4.11. The maximum atomic E-state index is 12.1. The summed E-state index contributed by atoms with van der Waals surface area (Å²) < 4.78 is 16.0. The molecule has 5 nitrogen and oxygen atoms in total. The topological polar surface area (TPSA) is 65.7 Å². The van der Waals surface area contributed by atoms with Gasteiger partial charge in [-0.2, -0.15) is 0 Å². The van der Waals surface area contributed by atoms with Crippen molar-refractivity contribution in [2.45, 2.75) is 45.6 Å². The van der Waals surface area contributed by atoms with Gasteiger partial charge in [-0.1, -0.05) is 6.92 Å². The summed E-state index contributed by atoms with van der Waals surface area (Å²) in [6.45, 7) is 3.69. The number of aryl methyl sites for hydroxylation is 2. The minimum Gasteiger partial charge on any atom is -0.478 e. The third-order valence-electron chi connectivity index (χ3n) is 4.44. The number of carbonyl (C=O) groups excluding carboxylic acids is 1. The van der Waals surface area contributed by atoms with E-state index in [0.717, 1.165) is 41.3 Å². The first-order valence-corrected chi connectivity index (χ1v) is 7.89. The van der Waals surface area contributed by atoms with Crippen LogP contribution >= 0.6 is 0 Å². The van der Waals surface area contributed by atoms with Crippen molar-refractivity contribution < 1.29 is 18.7 Å². The van der Waals surface area contributed by atoms with Crippen LogP contribution in [0.15, 0.2) is 21.3 Å². The molecular formula is C18H20O5. The minimum absolute atomic E-state index is 0.259. The Morgan fingerprint density at radius 1 is 1.30 bits per heavy atom. The number of ether oxygens (including phenoxy) is 2. The predicted molar refractivity (Wildman–Crippen MR) is 86.0 cm³/mol. The van der Waals surface area contributed by atoms with Crippen molar-refractivity contribution in [1.29, 1.82) is 0 Å². The SMILES string of the molecule is CC[C@@H](Oc1ccc2c3c(c(=O)oc2c1C)CCC3)C(=O)OC. The molecule has 0 fully saturated rings. The second-order valence-electron chi connectivity index (χ2n) is 5.80. The number of rotatable bonds is 4. The van der Waals surface area contributed by atoms with E-state index in [9.17, 15) is 9.59 Å². The first-order chi connectivity index (χ1) is 11.1. The Hall–Kier alpha value is -2.30. The average molecular weight is 316 g/mol. The molecule has 0 unspecified atom stereocenters. The highest BCUT2D eigenvalue weighted by atomic mass is 16.6. The van der Waals surface area contributed by atoms with Crippen molar-refractivity contribution in [3.05, 3.63) is 39.2 Å². The van der Waals surface area contributed by atoms with Crippen LogP contribution < -0.4 is 10.4 Å². The number of fused-ring (bicyclic) bond motifs is 3. The fourth-order valence-electron chi connectivity index (χ4n) is 3.17. The van der Waals surface area contributed by atoms with E-state index in [1.165, 1.54) is 7.11 Å². The van der Waals surface area contributed by atoms with Crippen molar-refractivity contribution in [3.63, 3.8) is 0 Å². The van der Waals surface area contributed by atoms with Crippen molar-refractivity contribution in [2.75, 3.05) is 7.11 Å². The van der Waals surface area contributed by atoms with Crippen molar-refractivity contribution >= 4 is 16.9 Å². The molecule has 0 radical (unpaired) electrons. The largest absolute Gasteiger partial charge is 0.478 e. The molecule has 1 aromatic heterocycles. The molecule has 0 bridgehead atoms. The Labute approximate surface area is 134 Å². The lowest BCUT2D eigenvalue weighted by Crippen LogP contribution is -2.28. The van der Waals surface area contributed by atoms with Crippen LogP contribution in [0.3, 0.4) is 0 Å².